The van der Waals surface area contributed by atoms with E-state index in [9.17, 15) is 9.59 Å². The fourth-order valence-electron chi connectivity index (χ4n) is 2.69. The van der Waals surface area contributed by atoms with Gasteiger partial charge in [0.05, 0.1) is 11.8 Å². The van der Waals surface area contributed by atoms with Gasteiger partial charge in [-0.05, 0) is 76.1 Å². The summed E-state index contributed by atoms with van der Waals surface area (Å²) < 4.78 is 11.3. The second-order valence-electron chi connectivity index (χ2n) is 8.93. The molecule has 0 aliphatic carbocycles. The van der Waals surface area contributed by atoms with Crippen LogP contribution in [0.3, 0.4) is 0 Å². The van der Waals surface area contributed by atoms with Gasteiger partial charge in [0.2, 0.25) is 5.91 Å². The zero-order valence-electron chi connectivity index (χ0n) is 18.4. The van der Waals surface area contributed by atoms with Crippen LogP contribution < -0.4 is 10.1 Å². The Balaban J connectivity index is 2.00. The van der Waals surface area contributed by atoms with E-state index in [1.165, 1.54) is 5.56 Å². The van der Waals surface area contributed by atoms with Crippen LogP contribution in [0.4, 0.5) is 5.69 Å². The van der Waals surface area contributed by atoms with E-state index in [1.807, 2.05) is 32.0 Å². The number of esters is 1. The number of carbonyl (C=O) groups is 2. The van der Waals surface area contributed by atoms with Crippen molar-refractivity contribution in [2.75, 3.05) is 5.32 Å². The van der Waals surface area contributed by atoms with Gasteiger partial charge in [-0.25, -0.2) is 0 Å². The van der Waals surface area contributed by atoms with Crippen LogP contribution in [0, 0.1) is 19.3 Å². The normalized spacial score (nSPS) is 11.7. The van der Waals surface area contributed by atoms with E-state index >= 15 is 0 Å². The minimum Gasteiger partial charge on any atom is -0.460 e. The molecular formula is C24H31NO4. The van der Waals surface area contributed by atoms with Gasteiger partial charge in [0.25, 0.3) is 0 Å². The zero-order valence-corrected chi connectivity index (χ0v) is 18.4. The maximum atomic E-state index is 12.6. The summed E-state index contributed by atoms with van der Waals surface area (Å²) in [6.45, 7) is 12.9. The van der Waals surface area contributed by atoms with E-state index in [2.05, 4.69) is 5.32 Å². The average molecular weight is 398 g/mol. The topological polar surface area (TPSA) is 64.6 Å². The first kappa shape index (κ1) is 22.5. The van der Waals surface area contributed by atoms with E-state index in [0.29, 0.717) is 11.4 Å². The van der Waals surface area contributed by atoms with Crippen molar-refractivity contribution in [1.29, 1.82) is 0 Å². The Labute approximate surface area is 173 Å². The third kappa shape index (κ3) is 6.63. The molecule has 0 atom stereocenters. The van der Waals surface area contributed by atoms with Crippen molar-refractivity contribution in [3.8, 4) is 11.5 Å². The van der Waals surface area contributed by atoms with Crippen molar-refractivity contribution in [1.82, 2.24) is 0 Å². The third-order valence-corrected chi connectivity index (χ3v) is 4.52. The molecule has 29 heavy (non-hydrogen) atoms. The molecule has 1 amide bonds. The van der Waals surface area contributed by atoms with E-state index in [0.717, 1.165) is 11.3 Å². The standard InChI is InChI=1S/C24H31NO4/c1-16-9-8-10-20(17(16)2)28-19-13-11-18(12-14-19)25-22(27)24(6,7)15-21(26)29-23(3,4)5/h8-14H,15H2,1-7H3,(H,25,27). The van der Waals surface area contributed by atoms with Crippen LogP contribution in [0.15, 0.2) is 42.5 Å². The van der Waals surface area contributed by atoms with Crippen molar-refractivity contribution in [3.63, 3.8) is 0 Å². The highest BCUT2D eigenvalue weighted by atomic mass is 16.6. The maximum Gasteiger partial charge on any atom is 0.307 e. The molecular weight excluding hydrogens is 366 g/mol. The lowest BCUT2D eigenvalue weighted by Gasteiger charge is -2.26. The van der Waals surface area contributed by atoms with Crippen LogP contribution in [0.2, 0.25) is 0 Å². The lowest BCUT2D eigenvalue weighted by atomic mass is 9.88. The molecule has 0 heterocycles. The molecule has 0 unspecified atom stereocenters. The van der Waals surface area contributed by atoms with Crippen LogP contribution >= 0.6 is 0 Å². The SMILES string of the molecule is Cc1cccc(Oc2ccc(NC(=O)C(C)(C)CC(=O)OC(C)(C)C)cc2)c1C. The van der Waals surface area contributed by atoms with Crippen molar-refractivity contribution >= 4 is 17.6 Å². The highest BCUT2D eigenvalue weighted by Crippen LogP contribution is 2.29. The molecule has 0 saturated carbocycles. The molecule has 0 fully saturated rings. The number of hydrogen-bond donors (Lipinski definition) is 1. The number of ether oxygens (including phenoxy) is 2. The highest BCUT2D eigenvalue weighted by molar-refractivity contribution is 5.97. The maximum absolute atomic E-state index is 12.6. The smallest absolute Gasteiger partial charge is 0.307 e. The minimum absolute atomic E-state index is 0.00390. The predicted octanol–water partition coefficient (Wildman–Crippen LogP) is 5.79. The van der Waals surface area contributed by atoms with E-state index < -0.39 is 17.0 Å². The average Bonchev–Trinajstić information content (AvgIpc) is 2.58. The molecule has 2 aromatic rings. The number of anilines is 1. The summed E-state index contributed by atoms with van der Waals surface area (Å²) in [5.41, 5.74) is 1.43. The summed E-state index contributed by atoms with van der Waals surface area (Å²) in [5, 5.41) is 2.86. The first-order chi connectivity index (χ1) is 13.4. The second-order valence-corrected chi connectivity index (χ2v) is 8.93. The van der Waals surface area contributed by atoms with Crippen molar-refractivity contribution < 1.29 is 19.1 Å². The first-order valence-corrected chi connectivity index (χ1v) is 9.75. The molecule has 0 spiro atoms. The Hall–Kier alpha value is -2.82. The monoisotopic (exact) mass is 397 g/mol. The number of carbonyl (C=O) groups excluding carboxylic acids is 2. The number of amides is 1. The van der Waals surface area contributed by atoms with Crippen molar-refractivity contribution in [3.05, 3.63) is 53.6 Å². The van der Waals surface area contributed by atoms with E-state index in [1.54, 1.807) is 58.9 Å². The molecule has 0 radical (unpaired) electrons. The summed E-state index contributed by atoms with van der Waals surface area (Å²) in [5.74, 6) is 0.853. The summed E-state index contributed by atoms with van der Waals surface area (Å²) in [4.78, 5) is 24.7. The molecule has 0 bridgehead atoms. The molecule has 0 aliphatic heterocycles. The molecule has 156 valence electrons. The number of aryl methyl sites for hydroxylation is 1. The second kappa shape index (κ2) is 8.68. The Morgan fingerprint density at radius 3 is 2.14 bits per heavy atom. The highest BCUT2D eigenvalue weighted by Gasteiger charge is 2.32. The fourth-order valence-corrected chi connectivity index (χ4v) is 2.69. The van der Waals surface area contributed by atoms with Gasteiger partial charge in [0.15, 0.2) is 0 Å². The third-order valence-electron chi connectivity index (χ3n) is 4.52. The number of rotatable bonds is 6. The zero-order chi connectivity index (χ0) is 21.8. The predicted molar refractivity (Wildman–Crippen MR) is 115 cm³/mol. The summed E-state index contributed by atoms with van der Waals surface area (Å²) in [7, 11) is 0. The van der Waals surface area contributed by atoms with Gasteiger partial charge in [-0.2, -0.15) is 0 Å². The molecule has 0 aromatic heterocycles. The Morgan fingerprint density at radius 2 is 1.55 bits per heavy atom. The molecule has 0 aliphatic rings. The Kier molecular flexibility index (Phi) is 6.73. The van der Waals surface area contributed by atoms with Gasteiger partial charge < -0.3 is 14.8 Å². The van der Waals surface area contributed by atoms with Gasteiger partial charge in [-0.3, -0.25) is 9.59 Å². The van der Waals surface area contributed by atoms with E-state index in [-0.39, 0.29) is 12.3 Å². The van der Waals surface area contributed by atoms with E-state index in [4.69, 9.17) is 9.47 Å². The van der Waals surface area contributed by atoms with Crippen LogP contribution in [0.5, 0.6) is 11.5 Å². The summed E-state index contributed by atoms with van der Waals surface area (Å²) in [6.07, 6.45) is 0.00390. The first-order valence-electron chi connectivity index (χ1n) is 9.75. The molecule has 2 aromatic carbocycles. The molecule has 2 rings (SSSR count). The molecule has 1 N–H and O–H groups in total. The lowest BCUT2D eigenvalue weighted by molar-refractivity contribution is -0.158. The van der Waals surface area contributed by atoms with Crippen molar-refractivity contribution in [2.24, 2.45) is 5.41 Å². The number of benzene rings is 2. The van der Waals surface area contributed by atoms with Gasteiger partial charge in [-0.15, -0.1) is 0 Å². The number of hydrogen-bond acceptors (Lipinski definition) is 4. The van der Waals surface area contributed by atoms with Crippen molar-refractivity contribution in [2.45, 2.75) is 60.5 Å². The lowest BCUT2D eigenvalue weighted by Crippen LogP contribution is -2.35. The van der Waals surface area contributed by atoms with Crippen LogP contribution in [0.25, 0.3) is 0 Å². The molecule has 5 heteroatoms. The fraction of sp³-hybridized carbons (Fsp3) is 0.417. The van der Waals surface area contributed by atoms with Crippen LogP contribution in [0.1, 0.15) is 52.2 Å². The van der Waals surface area contributed by atoms with Gasteiger partial charge in [0.1, 0.15) is 17.1 Å². The van der Waals surface area contributed by atoms with Gasteiger partial charge >= 0.3 is 5.97 Å². The summed E-state index contributed by atoms with van der Waals surface area (Å²) >= 11 is 0. The van der Waals surface area contributed by atoms with Gasteiger partial charge in [0, 0.05) is 5.69 Å². The summed E-state index contributed by atoms with van der Waals surface area (Å²) in [6, 6.07) is 13.1. The largest absolute Gasteiger partial charge is 0.460 e. The quantitative estimate of drug-likeness (QED) is 0.626. The number of nitrogens with one attached hydrogen (secondary N) is 1. The van der Waals surface area contributed by atoms with Crippen LogP contribution in [-0.4, -0.2) is 17.5 Å². The minimum atomic E-state index is -0.893. The van der Waals surface area contributed by atoms with Gasteiger partial charge in [-0.1, -0.05) is 26.0 Å². The Bertz CT molecular complexity index is 877. The van der Waals surface area contributed by atoms with Crippen LogP contribution in [-0.2, 0) is 14.3 Å². The molecule has 0 saturated heterocycles. The molecule has 5 nitrogen and oxygen atoms in total. The Morgan fingerprint density at radius 1 is 0.931 bits per heavy atom.